The van der Waals surface area contributed by atoms with E-state index in [9.17, 15) is 14.4 Å². The van der Waals surface area contributed by atoms with Crippen LogP contribution in [0.25, 0.3) is 0 Å². The van der Waals surface area contributed by atoms with Crippen LogP contribution in [0, 0.1) is 0 Å². The van der Waals surface area contributed by atoms with Crippen LogP contribution in [-0.4, -0.2) is 34.5 Å². The molecule has 0 aliphatic rings. The lowest BCUT2D eigenvalue weighted by Gasteiger charge is -2.05. The number of carboxylic acid groups (broad SMARTS) is 1. The number of benzene rings is 1. The smallest absolute Gasteiger partial charge is 0.350 e. The fourth-order valence-corrected chi connectivity index (χ4v) is 2.98. The fourth-order valence-electron chi connectivity index (χ4n) is 2.03. The van der Waals surface area contributed by atoms with Crippen LogP contribution in [0.2, 0.25) is 0 Å². The molecule has 0 unspecified atom stereocenters. The molecule has 0 atom stereocenters. The Balaban J connectivity index is 2.27. The van der Waals surface area contributed by atoms with E-state index in [0.29, 0.717) is 17.0 Å². The van der Waals surface area contributed by atoms with E-state index in [1.807, 2.05) is 6.92 Å². The first-order valence-electron chi connectivity index (χ1n) is 7.28. The van der Waals surface area contributed by atoms with Gasteiger partial charge in [0.15, 0.2) is 5.13 Å². The number of carbonyl (C=O) groups is 3. The van der Waals surface area contributed by atoms with Crippen molar-refractivity contribution in [2.45, 2.75) is 20.3 Å². The summed E-state index contributed by atoms with van der Waals surface area (Å²) in [6, 6.07) is 5.88. The molecule has 0 spiro atoms. The minimum absolute atomic E-state index is 0.0240. The minimum Gasteiger partial charge on any atom is -0.478 e. The third-order valence-electron chi connectivity index (χ3n) is 3.12. The molecule has 0 aliphatic carbocycles. The van der Waals surface area contributed by atoms with Gasteiger partial charge < -0.3 is 9.84 Å². The van der Waals surface area contributed by atoms with Crippen LogP contribution in [0.5, 0.6) is 0 Å². The number of thiazole rings is 1. The van der Waals surface area contributed by atoms with Crippen molar-refractivity contribution in [1.82, 2.24) is 4.98 Å². The van der Waals surface area contributed by atoms with Gasteiger partial charge in [0.1, 0.15) is 4.88 Å². The third-order valence-corrected chi connectivity index (χ3v) is 4.11. The second-order valence-electron chi connectivity index (χ2n) is 4.67. The predicted octanol–water partition coefficient (Wildman–Crippen LogP) is 2.83. The Bertz CT molecular complexity index is 785. The van der Waals surface area contributed by atoms with Crippen LogP contribution in [0.3, 0.4) is 0 Å². The Morgan fingerprint density at radius 2 is 1.88 bits per heavy atom. The number of nitrogens with zero attached hydrogens (tertiary/aromatic N) is 1. The SMILES string of the molecule is CCOC(=O)c1sc(NC(=O)c2ccccc2C(=O)O)nc1CC. The van der Waals surface area contributed by atoms with Gasteiger partial charge in [0, 0.05) is 0 Å². The number of hydrogen-bond donors (Lipinski definition) is 2. The molecular formula is C16H16N2O5S. The maximum absolute atomic E-state index is 12.3. The number of aryl methyl sites for hydroxylation is 1. The number of rotatable bonds is 6. The maximum atomic E-state index is 12.3. The number of carbonyl (C=O) groups excluding carboxylic acids is 2. The molecule has 0 radical (unpaired) electrons. The average molecular weight is 348 g/mol. The monoisotopic (exact) mass is 348 g/mol. The zero-order valence-electron chi connectivity index (χ0n) is 13.2. The maximum Gasteiger partial charge on any atom is 0.350 e. The highest BCUT2D eigenvalue weighted by Gasteiger charge is 2.21. The molecule has 7 nitrogen and oxygen atoms in total. The summed E-state index contributed by atoms with van der Waals surface area (Å²) in [5, 5.41) is 11.9. The van der Waals surface area contributed by atoms with Gasteiger partial charge in [0.2, 0.25) is 0 Å². The van der Waals surface area contributed by atoms with E-state index >= 15 is 0 Å². The third kappa shape index (κ3) is 3.77. The molecule has 1 aromatic heterocycles. The second kappa shape index (κ2) is 7.69. The normalized spacial score (nSPS) is 10.2. The van der Waals surface area contributed by atoms with E-state index in [1.165, 1.54) is 18.2 Å². The quantitative estimate of drug-likeness (QED) is 0.778. The van der Waals surface area contributed by atoms with Crippen molar-refractivity contribution in [3.05, 3.63) is 46.0 Å². The molecule has 1 amide bonds. The molecule has 126 valence electrons. The fraction of sp³-hybridized carbons (Fsp3) is 0.250. The molecule has 2 aromatic rings. The number of aromatic nitrogens is 1. The summed E-state index contributed by atoms with van der Waals surface area (Å²) in [7, 11) is 0. The van der Waals surface area contributed by atoms with E-state index in [4.69, 9.17) is 9.84 Å². The van der Waals surface area contributed by atoms with Crippen molar-refractivity contribution >= 4 is 34.3 Å². The zero-order chi connectivity index (χ0) is 17.7. The Morgan fingerprint density at radius 3 is 2.46 bits per heavy atom. The van der Waals surface area contributed by atoms with Gasteiger partial charge in [-0.3, -0.25) is 10.1 Å². The van der Waals surface area contributed by atoms with Crippen molar-refractivity contribution in [2.75, 3.05) is 11.9 Å². The Morgan fingerprint density at radius 1 is 1.21 bits per heavy atom. The molecule has 0 saturated heterocycles. The number of ether oxygens (including phenoxy) is 1. The predicted molar refractivity (Wildman–Crippen MR) is 88.8 cm³/mol. The molecular weight excluding hydrogens is 332 g/mol. The summed E-state index contributed by atoms with van der Waals surface area (Å²) >= 11 is 1.00. The van der Waals surface area contributed by atoms with Crippen LogP contribution >= 0.6 is 11.3 Å². The summed E-state index contributed by atoms with van der Waals surface area (Å²) < 4.78 is 4.97. The summed E-state index contributed by atoms with van der Waals surface area (Å²) in [5.74, 6) is -2.28. The lowest BCUT2D eigenvalue weighted by molar-refractivity contribution is 0.0530. The van der Waals surface area contributed by atoms with Gasteiger partial charge in [-0.15, -0.1) is 0 Å². The molecule has 2 rings (SSSR count). The van der Waals surface area contributed by atoms with Crippen molar-refractivity contribution < 1.29 is 24.2 Å². The Kier molecular flexibility index (Phi) is 5.64. The van der Waals surface area contributed by atoms with Crippen LogP contribution in [0.4, 0.5) is 5.13 Å². The van der Waals surface area contributed by atoms with E-state index < -0.39 is 17.8 Å². The number of anilines is 1. The van der Waals surface area contributed by atoms with Gasteiger partial charge in [-0.05, 0) is 25.5 Å². The largest absolute Gasteiger partial charge is 0.478 e. The summed E-state index contributed by atoms with van der Waals surface area (Å²) in [4.78, 5) is 39.9. The summed E-state index contributed by atoms with van der Waals surface area (Å²) in [6.45, 7) is 3.78. The standard InChI is InChI=1S/C16H16N2O5S/c1-3-11-12(15(22)23-4-2)24-16(17-11)18-13(19)9-7-5-6-8-10(9)14(20)21/h5-8H,3-4H2,1-2H3,(H,20,21)(H,17,18,19). The minimum atomic E-state index is -1.19. The van der Waals surface area contributed by atoms with Crippen LogP contribution in [-0.2, 0) is 11.2 Å². The highest BCUT2D eigenvalue weighted by Crippen LogP contribution is 2.25. The van der Waals surface area contributed by atoms with Crippen LogP contribution in [0.15, 0.2) is 24.3 Å². The highest BCUT2D eigenvalue weighted by molar-refractivity contribution is 7.17. The molecule has 2 N–H and O–H groups in total. The molecule has 8 heteroatoms. The summed E-state index contributed by atoms with van der Waals surface area (Å²) in [5.41, 5.74) is 0.448. The van der Waals surface area contributed by atoms with Gasteiger partial charge in [-0.2, -0.15) is 0 Å². The first-order chi connectivity index (χ1) is 11.5. The Labute approximate surface area is 142 Å². The number of nitrogens with one attached hydrogen (secondary N) is 1. The van der Waals surface area contributed by atoms with Gasteiger partial charge >= 0.3 is 11.9 Å². The first kappa shape index (κ1) is 17.6. The van der Waals surface area contributed by atoms with Crippen molar-refractivity contribution in [1.29, 1.82) is 0 Å². The zero-order valence-corrected chi connectivity index (χ0v) is 14.0. The number of hydrogen-bond acceptors (Lipinski definition) is 6. The van der Waals surface area contributed by atoms with Gasteiger partial charge in [0.25, 0.3) is 5.91 Å². The molecule has 1 heterocycles. The number of amides is 1. The van der Waals surface area contributed by atoms with E-state index in [-0.39, 0.29) is 22.9 Å². The lowest BCUT2D eigenvalue weighted by Crippen LogP contribution is -2.16. The molecule has 0 fully saturated rings. The van der Waals surface area contributed by atoms with Crippen molar-refractivity contribution in [3.8, 4) is 0 Å². The lowest BCUT2D eigenvalue weighted by atomic mass is 10.1. The highest BCUT2D eigenvalue weighted by atomic mass is 32.1. The molecule has 0 bridgehead atoms. The molecule has 1 aromatic carbocycles. The second-order valence-corrected chi connectivity index (χ2v) is 5.67. The molecule has 0 saturated carbocycles. The van der Waals surface area contributed by atoms with Crippen LogP contribution < -0.4 is 5.32 Å². The number of carboxylic acids is 1. The van der Waals surface area contributed by atoms with Crippen molar-refractivity contribution in [3.63, 3.8) is 0 Å². The van der Waals surface area contributed by atoms with E-state index in [2.05, 4.69) is 10.3 Å². The Hall–Kier alpha value is -2.74. The number of aromatic carboxylic acids is 1. The topological polar surface area (TPSA) is 106 Å². The van der Waals surface area contributed by atoms with Gasteiger partial charge in [-0.1, -0.05) is 30.4 Å². The van der Waals surface area contributed by atoms with E-state index in [1.54, 1.807) is 13.0 Å². The first-order valence-corrected chi connectivity index (χ1v) is 8.10. The van der Waals surface area contributed by atoms with Gasteiger partial charge in [-0.25, -0.2) is 14.6 Å². The number of esters is 1. The van der Waals surface area contributed by atoms with Crippen LogP contribution in [0.1, 0.15) is 49.9 Å². The molecule has 24 heavy (non-hydrogen) atoms. The summed E-state index contributed by atoms with van der Waals surface area (Å²) in [6.07, 6.45) is 0.506. The average Bonchev–Trinajstić information content (AvgIpc) is 2.98. The molecule has 0 aliphatic heterocycles. The van der Waals surface area contributed by atoms with Gasteiger partial charge in [0.05, 0.1) is 23.4 Å². The van der Waals surface area contributed by atoms with E-state index in [0.717, 1.165) is 11.3 Å². The van der Waals surface area contributed by atoms with Crippen molar-refractivity contribution in [2.24, 2.45) is 0 Å².